The number of aryl methyl sites for hydroxylation is 1. The van der Waals surface area contributed by atoms with E-state index in [2.05, 4.69) is 59.8 Å². The highest BCUT2D eigenvalue weighted by atomic mass is 35.5. The van der Waals surface area contributed by atoms with Gasteiger partial charge >= 0.3 is 0 Å². The number of hydrogen-bond acceptors (Lipinski definition) is 2. The smallest absolute Gasteiger partial charge is 0.223 e. The molecule has 2 heterocycles. The third-order valence-corrected chi connectivity index (χ3v) is 6.57. The predicted molar refractivity (Wildman–Crippen MR) is 124 cm³/mol. The number of hydrogen-bond donors (Lipinski definition) is 0. The van der Waals surface area contributed by atoms with Gasteiger partial charge in [-0.25, -0.2) is 0 Å². The van der Waals surface area contributed by atoms with Crippen LogP contribution in [0, 0.1) is 0 Å². The van der Waals surface area contributed by atoms with Crippen molar-refractivity contribution in [3.8, 4) is 0 Å². The van der Waals surface area contributed by atoms with Gasteiger partial charge in [0.1, 0.15) is 0 Å². The summed E-state index contributed by atoms with van der Waals surface area (Å²) in [6, 6.07) is 16.4. The Morgan fingerprint density at radius 3 is 2.47 bits per heavy atom. The Kier molecular flexibility index (Phi) is 6.45. The van der Waals surface area contributed by atoms with E-state index >= 15 is 0 Å². The Balaban J connectivity index is 1.69. The molecule has 0 N–H and O–H groups in total. The molecule has 1 aromatic heterocycles. The Bertz CT molecular complexity index is 1020. The molecule has 30 heavy (non-hydrogen) atoms. The first-order chi connectivity index (χ1) is 14.6. The van der Waals surface area contributed by atoms with Gasteiger partial charge in [0.15, 0.2) is 0 Å². The van der Waals surface area contributed by atoms with Crippen LogP contribution in [0.4, 0.5) is 0 Å². The molecule has 4 rings (SSSR count). The average Bonchev–Trinajstić information content (AvgIpc) is 3.16. The first-order valence-corrected chi connectivity index (χ1v) is 11.3. The summed E-state index contributed by atoms with van der Waals surface area (Å²) < 4.78 is 2.27. The van der Waals surface area contributed by atoms with Crippen LogP contribution < -0.4 is 0 Å². The molecule has 0 spiro atoms. The quantitative estimate of drug-likeness (QED) is 0.558. The maximum Gasteiger partial charge on any atom is 0.223 e. The standard InChI is InChI=1S/C25H30ClN3O/c1-3-27-12-14-29(15-13-27)25(30)17-22(19-8-7-9-20(26)16-19)23-18-28(4-2)24-11-6-5-10-21(23)24/h5-11,16,18,22H,3-4,12-15,17H2,1-2H3/t22-/m0/s1. The SMILES string of the molecule is CCN1CCN(C(=O)C[C@@H](c2cccc(Cl)c2)c2cn(CC)c3ccccc23)CC1. The number of piperazine rings is 1. The molecular weight excluding hydrogens is 394 g/mol. The molecule has 158 valence electrons. The van der Waals surface area contributed by atoms with Crippen molar-refractivity contribution < 1.29 is 4.79 Å². The second-order valence-corrected chi connectivity index (χ2v) is 8.45. The summed E-state index contributed by atoms with van der Waals surface area (Å²) in [7, 11) is 0. The van der Waals surface area contributed by atoms with Crippen molar-refractivity contribution in [2.75, 3.05) is 32.7 Å². The van der Waals surface area contributed by atoms with E-state index in [-0.39, 0.29) is 11.8 Å². The molecule has 1 atom stereocenters. The average molecular weight is 424 g/mol. The summed E-state index contributed by atoms with van der Waals surface area (Å²) in [5.41, 5.74) is 3.52. The van der Waals surface area contributed by atoms with E-state index in [4.69, 9.17) is 11.6 Å². The van der Waals surface area contributed by atoms with E-state index in [1.807, 2.05) is 23.1 Å². The zero-order valence-corrected chi connectivity index (χ0v) is 18.6. The third-order valence-electron chi connectivity index (χ3n) is 6.34. The number of amides is 1. The molecule has 1 aliphatic rings. The Labute approximate surface area is 184 Å². The molecule has 0 aliphatic carbocycles. The molecule has 5 heteroatoms. The van der Waals surface area contributed by atoms with E-state index < -0.39 is 0 Å². The van der Waals surface area contributed by atoms with Crippen molar-refractivity contribution in [2.45, 2.75) is 32.7 Å². The summed E-state index contributed by atoms with van der Waals surface area (Å²) in [5.74, 6) is 0.210. The van der Waals surface area contributed by atoms with E-state index in [0.29, 0.717) is 11.4 Å². The van der Waals surface area contributed by atoms with Crippen molar-refractivity contribution in [3.63, 3.8) is 0 Å². The molecule has 0 radical (unpaired) electrons. The molecule has 1 aliphatic heterocycles. The highest BCUT2D eigenvalue weighted by molar-refractivity contribution is 6.30. The molecule has 1 amide bonds. The zero-order chi connectivity index (χ0) is 21.1. The minimum Gasteiger partial charge on any atom is -0.347 e. The van der Waals surface area contributed by atoms with Gasteiger partial charge in [0.2, 0.25) is 5.91 Å². The highest BCUT2D eigenvalue weighted by Gasteiger charge is 2.27. The summed E-state index contributed by atoms with van der Waals surface area (Å²) in [5, 5.41) is 1.92. The van der Waals surface area contributed by atoms with Crippen molar-refractivity contribution >= 4 is 28.4 Å². The monoisotopic (exact) mass is 423 g/mol. The second kappa shape index (κ2) is 9.23. The van der Waals surface area contributed by atoms with Gasteiger partial charge in [0.25, 0.3) is 0 Å². The number of para-hydroxylation sites is 1. The van der Waals surface area contributed by atoms with Crippen LogP contribution in [0.3, 0.4) is 0 Å². The van der Waals surface area contributed by atoms with Gasteiger partial charge in [0, 0.05) is 67.2 Å². The van der Waals surface area contributed by atoms with Crippen molar-refractivity contribution in [3.05, 3.63) is 70.9 Å². The van der Waals surface area contributed by atoms with Crippen LogP contribution >= 0.6 is 11.6 Å². The van der Waals surface area contributed by atoms with Gasteiger partial charge in [-0.2, -0.15) is 0 Å². The number of carbonyl (C=O) groups excluding carboxylic acids is 1. The number of nitrogens with zero attached hydrogens (tertiary/aromatic N) is 3. The lowest BCUT2D eigenvalue weighted by Crippen LogP contribution is -2.48. The van der Waals surface area contributed by atoms with Crippen LogP contribution in [0.1, 0.15) is 37.3 Å². The van der Waals surface area contributed by atoms with Crippen LogP contribution in [0.15, 0.2) is 54.7 Å². The topological polar surface area (TPSA) is 28.5 Å². The first kappa shape index (κ1) is 21.0. The lowest BCUT2D eigenvalue weighted by molar-refractivity contribution is -0.133. The van der Waals surface area contributed by atoms with Crippen LogP contribution in [-0.2, 0) is 11.3 Å². The van der Waals surface area contributed by atoms with E-state index in [1.54, 1.807) is 0 Å². The normalized spacial score (nSPS) is 16.2. The molecule has 2 aromatic carbocycles. The lowest BCUT2D eigenvalue weighted by atomic mass is 9.87. The fourth-order valence-electron chi connectivity index (χ4n) is 4.56. The van der Waals surface area contributed by atoms with Crippen LogP contribution in [0.2, 0.25) is 5.02 Å². The van der Waals surface area contributed by atoms with E-state index in [0.717, 1.165) is 44.8 Å². The number of likely N-dealkylation sites (N-methyl/N-ethyl adjacent to an activating group) is 1. The number of fused-ring (bicyclic) bond motifs is 1. The molecule has 3 aromatic rings. The Hall–Kier alpha value is -2.30. The van der Waals surface area contributed by atoms with Gasteiger partial charge in [0.05, 0.1) is 0 Å². The molecule has 4 nitrogen and oxygen atoms in total. The van der Waals surface area contributed by atoms with Gasteiger partial charge in [-0.3, -0.25) is 4.79 Å². The fourth-order valence-corrected chi connectivity index (χ4v) is 4.76. The molecule has 0 bridgehead atoms. The van der Waals surface area contributed by atoms with Crippen molar-refractivity contribution in [1.29, 1.82) is 0 Å². The lowest BCUT2D eigenvalue weighted by Gasteiger charge is -2.35. The number of rotatable bonds is 6. The molecule has 0 unspecified atom stereocenters. The highest BCUT2D eigenvalue weighted by Crippen LogP contribution is 2.36. The largest absolute Gasteiger partial charge is 0.347 e. The minimum atomic E-state index is -0.0156. The summed E-state index contributed by atoms with van der Waals surface area (Å²) >= 11 is 6.34. The summed E-state index contributed by atoms with van der Waals surface area (Å²) in [6.07, 6.45) is 2.68. The minimum absolute atomic E-state index is 0.0156. The van der Waals surface area contributed by atoms with Gasteiger partial charge in [-0.1, -0.05) is 48.9 Å². The maximum absolute atomic E-state index is 13.3. The number of benzene rings is 2. The summed E-state index contributed by atoms with van der Waals surface area (Å²) in [4.78, 5) is 17.7. The van der Waals surface area contributed by atoms with Crippen molar-refractivity contribution in [2.24, 2.45) is 0 Å². The predicted octanol–water partition coefficient (Wildman–Crippen LogP) is 5.00. The molecular formula is C25H30ClN3O. The number of carbonyl (C=O) groups is 1. The van der Waals surface area contributed by atoms with Gasteiger partial charge in [-0.05, 0) is 42.8 Å². The van der Waals surface area contributed by atoms with Crippen LogP contribution in [-0.4, -0.2) is 53.0 Å². The van der Waals surface area contributed by atoms with E-state index in [9.17, 15) is 4.79 Å². The second-order valence-electron chi connectivity index (χ2n) is 8.01. The zero-order valence-electron chi connectivity index (χ0n) is 17.9. The van der Waals surface area contributed by atoms with Crippen molar-refractivity contribution in [1.82, 2.24) is 14.4 Å². The van der Waals surface area contributed by atoms with E-state index in [1.165, 1.54) is 16.5 Å². The maximum atomic E-state index is 13.3. The van der Waals surface area contributed by atoms with Gasteiger partial charge < -0.3 is 14.4 Å². The number of aromatic nitrogens is 1. The van der Waals surface area contributed by atoms with Gasteiger partial charge in [-0.15, -0.1) is 0 Å². The first-order valence-electron chi connectivity index (χ1n) is 10.9. The molecule has 1 saturated heterocycles. The molecule has 1 fully saturated rings. The summed E-state index contributed by atoms with van der Waals surface area (Å²) in [6.45, 7) is 9.81. The third kappa shape index (κ3) is 4.26. The molecule has 0 saturated carbocycles. The number of halogens is 1. The Morgan fingerprint density at radius 2 is 1.77 bits per heavy atom. The Morgan fingerprint density at radius 1 is 1.00 bits per heavy atom. The fraction of sp³-hybridized carbons (Fsp3) is 0.400. The van der Waals surface area contributed by atoms with Crippen LogP contribution in [0.5, 0.6) is 0 Å². The van der Waals surface area contributed by atoms with Crippen LogP contribution in [0.25, 0.3) is 10.9 Å².